The molecule has 0 aromatic heterocycles. The van der Waals surface area contributed by atoms with Gasteiger partial charge in [-0.1, -0.05) is 280 Å². The lowest BCUT2D eigenvalue weighted by molar-refractivity contribution is -0.870. The molecule has 0 radical (unpaired) electrons. The van der Waals surface area contributed by atoms with Crippen molar-refractivity contribution in [3.63, 3.8) is 0 Å². The lowest BCUT2D eigenvalue weighted by Gasteiger charge is -2.30. The fourth-order valence-electron chi connectivity index (χ4n) is 9.01. The number of nitrogens with one attached hydrogen (secondary N) is 1. The molecule has 0 bridgehead atoms. The van der Waals surface area contributed by atoms with Crippen LogP contribution in [-0.4, -0.2) is 68.5 Å². The molecule has 0 aliphatic rings. The third-order valence-corrected chi connectivity index (χ3v) is 14.7. The van der Waals surface area contributed by atoms with E-state index >= 15 is 0 Å². The van der Waals surface area contributed by atoms with E-state index in [0.29, 0.717) is 23.9 Å². The summed E-state index contributed by atoms with van der Waals surface area (Å²) < 4.78 is 23.5. The number of amides is 1. The van der Waals surface area contributed by atoms with Crippen LogP contribution in [0.15, 0.2) is 60.8 Å². The molecule has 0 saturated heterocycles. The summed E-state index contributed by atoms with van der Waals surface area (Å²) in [7, 11) is 1.31. The second kappa shape index (κ2) is 54.0. The van der Waals surface area contributed by atoms with E-state index in [9.17, 15) is 19.4 Å². The molecule has 0 aliphatic carbocycles. The van der Waals surface area contributed by atoms with Gasteiger partial charge in [-0.3, -0.25) is 9.36 Å². The molecule has 0 spiro atoms. The molecule has 72 heavy (non-hydrogen) atoms. The third kappa shape index (κ3) is 55.9. The Balaban J connectivity index is 4.14. The Morgan fingerprint density at radius 3 is 1.24 bits per heavy atom. The van der Waals surface area contributed by atoms with E-state index in [1.54, 1.807) is 0 Å². The molecule has 422 valence electrons. The van der Waals surface area contributed by atoms with Crippen molar-refractivity contribution >= 4 is 13.7 Å². The van der Waals surface area contributed by atoms with Crippen LogP contribution >= 0.6 is 7.82 Å². The quantitative estimate of drug-likeness (QED) is 0.0272. The highest BCUT2D eigenvalue weighted by Gasteiger charge is 2.24. The van der Waals surface area contributed by atoms with E-state index in [2.05, 4.69) is 79.9 Å². The van der Waals surface area contributed by atoms with Crippen LogP contribution in [0.5, 0.6) is 0 Å². The lowest BCUT2D eigenvalue weighted by atomic mass is 10.0. The first-order valence-electron chi connectivity index (χ1n) is 30.6. The predicted molar refractivity (Wildman–Crippen MR) is 311 cm³/mol. The zero-order valence-corrected chi connectivity index (χ0v) is 49.0. The predicted octanol–water partition coefficient (Wildman–Crippen LogP) is 18.2. The summed E-state index contributed by atoms with van der Waals surface area (Å²) >= 11 is 0. The molecule has 9 heteroatoms. The van der Waals surface area contributed by atoms with Crippen molar-refractivity contribution in [2.45, 2.75) is 296 Å². The lowest BCUT2D eigenvalue weighted by Crippen LogP contribution is -2.46. The van der Waals surface area contributed by atoms with Gasteiger partial charge in [-0.2, -0.15) is 0 Å². The average Bonchev–Trinajstić information content (AvgIpc) is 3.34. The Morgan fingerprint density at radius 1 is 0.500 bits per heavy atom. The first-order valence-corrected chi connectivity index (χ1v) is 32.1. The largest absolute Gasteiger partial charge is 0.756 e. The monoisotopic (exact) mass is 1030 g/mol. The average molecular weight is 1030 g/mol. The summed E-state index contributed by atoms with van der Waals surface area (Å²) in [6.45, 7) is 4.64. The minimum atomic E-state index is -4.58. The molecule has 0 aromatic rings. The molecule has 0 rings (SSSR count). The molecule has 0 fully saturated rings. The number of hydrogen-bond acceptors (Lipinski definition) is 6. The number of likely N-dealkylation sites (N-methyl/N-ethyl adjacent to an activating group) is 1. The molecule has 0 saturated carbocycles. The van der Waals surface area contributed by atoms with E-state index < -0.39 is 20.0 Å². The van der Waals surface area contributed by atoms with Gasteiger partial charge in [-0.05, 0) is 57.8 Å². The first kappa shape index (κ1) is 70.2. The van der Waals surface area contributed by atoms with Gasteiger partial charge in [0.25, 0.3) is 7.82 Å². The van der Waals surface area contributed by atoms with Gasteiger partial charge in [0.1, 0.15) is 13.2 Å². The minimum absolute atomic E-state index is 0.0103. The number of aliphatic hydroxyl groups is 1. The molecular weight excluding hydrogens is 912 g/mol. The molecule has 8 nitrogen and oxygen atoms in total. The van der Waals surface area contributed by atoms with E-state index in [1.165, 1.54) is 186 Å². The second-order valence-electron chi connectivity index (χ2n) is 22.0. The van der Waals surface area contributed by atoms with Gasteiger partial charge < -0.3 is 28.8 Å². The highest BCUT2D eigenvalue weighted by atomic mass is 31.2. The van der Waals surface area contributed by atoms with Gasteiger partial charge in [0.15, 0.2) is 0 Å². The standard InChI is InChI=1S/C63H119N2O6P/c1-6-8-10-12-14-16-18-20-22-24-26-28-30-31-32-33-35-37-39-41-43-45-47-49-51-53-55-57-63(67)64-61(60-71-72(68,69)70-59-58-65(3,4)5)62(66)56-54-52-50-48-46-44-42-40-38-36-34-29-27-25-23-21-19-17-15-13-11-9-7-2/h8,10,14,16,20,22,26,28,31-32,61-62,66H,6-7,9,11-13,15,17-19,21,23-25,27,29-30,33-60H2,1-5H3,(H-,64,67,68,69)/b10-8-,16-14-,22-20-,28-26-,32-31-. The van der Waals surface area contributed by atoms with Crippen LogP contribution in [0.25, 0.3) is 0 Å². The molecule has 0 aromatic carbocycles. The zero-order chi connectivity index (χ0) is 52.7. The van der Waals surface area contributed by atoms with E-state index in [4.69, 9.17) is 9.05 Å². The van der Waals surface area contributed by atoms with Crippen molar-refractivity contribution in [1.82, 2.24) is 5.32 Å². The molecule has 3 unspecified atom stereocenters. The Hall–Kier alpha value is -1.80. The summed E-state index contributed by atoms with van der Waals surface area (Å²) in [5.41, 5.74) is 0. The SMILES string of the molecule is CC/C=C\C/C=C\C/C=C\C/C=C\C/C=C\CCCCCCCCCCCCCC(=O)NC(COP(=O)([O-])OCC[N+](C)(C)C)C(O)CCCCCCCCCCCCCCCCCCCCCCCCC. The van der Waals surface area contributed by atoms with Crippen molar-refractivity contribution < 1.29 is 32.9 Å². The van der Waals surface area contributed by atoms with Crippen molar-refractivity contribution in [3.8, 4) is 0 Å². The van der Waals surface area contributed by atoms with Crippen LogP contribution in [0.4, 0.5) is 0 Å². The van der Waals surface area contributed by atoms with Gasteiger partial charge in [0.2, 0.25) is 5.91 Å². The first-order chi connectivity index (χ1) is 35.0. The van der Waals surface area contributed by atoms with Crippen LogP contribution in [-0.2, 0) is 18.4 Å². The smallest absolute Gasteiger partial charge is 0.268 e. The number of carbonyl (C=O) groups excluding carboxylic acids is 1. The van der Waals surface area contributed by atoms with E-state index in [0.717, 1.165) is 70.6 Å². The Morgan fingerprint density at radius 2 is 0.847 bits per heavy atom. The van der Waals surface area contributed by atoms with Crippen LogP contribution in [0.2, 0.25) is 0 Å². The van der Waals surface area contributed by atoms with Crippen LogP contribution < -0.4 is 10.2 Å². The summed E-state index contributed by atoms with van der Waals surface area (Å²) in [5.74, 6) is -0.167. The van der Waals surface area contributed by atoms with Crippen LogP contribution in [0, 0.1) is 0 Å². The Bertz CT molecular complexity index is 1360. The molecule has 2 N–H and O–H groups in total. The number of allylic oxidation sites excluding steroid dienone is 10. The number of unbranched alkanes of at least 4 members (excludes halogenated alkanes) is 33. The van der Waals surface area contributed by atoms with Crippen LogP contribution in [0.3, 0.4) is 0 Å². The number of rotatable bonds is 56. The van der Waals surface area contributed by atoms with E-state index in [-0.39, 0.29) is 19.1 Å². The molecule has 1 amide bonds. The van der Waals surface area contributed by atoms with Gasteiger partial charge in [0, 0.05) is 6.42 Å². The molecular formula is C63H119N2O6P. The second-order valence-corrected chi connectivity index (χ2v) is 23.4. The number of carbonyl (C=O) groups is 1. The fourth-order valence-corrected chi connectivity index (χ4v) is 9.73. The maximum Gasteiger partial charge on any atom is 0.268 e. The molecule has 0 aliphatic heterocycles. The zero-order valence-electron chi connectivity index (χ0n) is 48.1. The highest BCUT2D eigenvalue weighted by molar-refractivity contribution is 7.45. The summed E-state index contributed by atoms with van der Waals surface area (Å²) in [6.07, 6.45) is 72.6. The van der Waals surface area contributed by atoms with Gasteiger partial charge in [-0.25, -0.2) is 0 Å². The maximum absolute atomic E-state index is 13.0. The highest BCUT2D eigenvalue weighted by Crippen LogP contribution is 2.38. The van der Waals surface area contributed by atoms with Gasteiger partial charge in [0.05, 0.1) is 39.9 Å². The number of nitrogens with zero attached hydrogens (tertiary/aromatic N) is 1. The summed E-state index contributed by atoms with van der Waals surface area (Å²) in [6, 6.07) is -0.806. The van der Waals surface area contributed by atoms with E-state index in [1.807, 2.05) is 21.1 Å². The number of phosphoric acid groups is 1. The van der Waals surface area contributed by atoms with Crippen LogP contribution in [0.1, 0.15) is 284 Å². The minimum Gasteiger partial charge on any atom is -0.756 e. The molecule has 0 heterocycles. The number of phosphoric ester groups is 1. The van der Waals surface area contributed by atoms with Gasteiger partial charge >= 0.3 is 0 Å². The van der Waals surface area contributed by atoms with Gasteiger partial charge in [-0.15, -0.1) is 0 Å². The molecule has 3 atom stereocenters. The summed E-state index contributed by atoms with van der Waals surface area (Å²) in [4.78, 5) is 25.6. The van der Waals surface area contributed by atoms with Crippen molar-refractivity contribution in [1.29, 1.82) is 0 Å². The number of aliphatic hydroxyl groups excluding tert-OH is 1. The number of hydrogen-bond donors (Lipinski definition) is 2. The fraction of sp³-hybridized carbons (Fsp3) is 0.825. The summed E-state index contributed by atoms with van der Waals surface area (Å²) in [5, 5.41) is 14.1. The third-order valence-electron chi connectivity index (χ3n) is 13.8. The van der Waals surface area contributed by atoms with Crippen molar-refractivity contribution in [2.75, 3.05) is 40.9 Å². The maximum atomic E-state index is 13.0. The van der Waals surface area contributed by atoms with Crippen molar-refractivity contribution in [2.24, 2.45) is 0 Å². The Labute approximate surface area is 447 Å². The van der Waals surface area contributed by atoms with Crippen molar-refractivity contribution in [3.05, 3.63) is 60.8 Å². The number of quaternary nitrogens is 1. The Kier molecular flexibility index (Phi) is 52.7. The normalized spacial score (nSPS) is 14.3. The topological polar surface area (TPSA) is 108 Å².